The fraction of sp³-hybridized carbons (Fsp3) is 0.0870. The summed E-state index contributed by atoms with van der Waals surface area (Å²) in [7, 11) is 0. The summed E-state index contributed by atoms with van der Waals surface area (Å²) in [6.07, 6.45) is 3.44. The maximum absolute atomic E-state index is 12.2. The lowest BCUT2D eigenvalue weighted by Crippen LogP contribution is -2.21. The number of amides is 1. The van der Waals surface area contributed by atoms with Gasteiger partial charge in [-0.15, -0.1) is 0 Å². The number of esters is 1. The molecule has 6 nitrogen and oxygen atoms in total. The van der Waals surface area contributed by atoms with Crippen LogP contribution in [0, 0.1) is 0 Å². The number of benzene rings is 3. The van der Waals surface area contributed by atoms with Gasteiger partial charge in [0.2, 0.25) is 0 Å². The molecule has 0 atom stereocenters. The molecule has 4 aromatic rings. The molecule has 0 fully saturated rings. The maximum atomic E-state index is 12.2. The van der Waals surface area contributed by atoms with Crippen LogP contribution in [0.25, 0.3) is 16.5 Å². The topological polar surface area (TPSA) is 73.2 Å². The normalized spacial score (nSPS) is 10.6. The Balaban J connectivity index is 1.31. The van der Waals surface area contributed by atoms with Crippen molar-refractivity contribution < 1.29 is 14.3 Å². The molecule has 0 aliphatic carbocycles. The summed E-state index contributed by atoms with van der Waals surface area (Å²) < 4.78 is 6.81. The van der Waals surface area contributed by atoms with Crippen LogP contribution >= 0.6 is 0 Å². The van der Waals surface area contributed by atoms with Crippen molar-refractivity contribution in [1.29, 1.82) is 0 Å². The minimum atomic E-state index is -0.481. The average Bonchev–Trinajstić information content (AvgIpc) is 3.22. The van der Waals surface area contributed by atoms with Crippen molar-refractivity contribution in [3.8, 4) is 5.69 Å². The molecule has 3 aromatic carbocycles. The minimum absolute atomic E-state index is 0.0500. The van der Waals surface area contributed by atoms with E-state index in [-0.39, 0.29) is 18.9 Å². The molecule has 144 valence electrons. The first-order valence-electron chi connectivity index (χ1n) is 9.21. The Kier molecular flexibility index (Phi) is 5.33. The van der Waals surface area contributed by atoms with Gasteiger partial charge in [0.1, 0.15) is 0 Å². The smallest absolute Gasteiger partial charge is 0.310 e. The minimum Gasteiger partial charge on any atom is -0.455 e. The number of carbonyl (C=O) groups excluding carboxylic acids is 2. The molecule has 6 heteroatoms. The summed E-state index contributed by atoms with van der Waals surface area (Å²) in [6, 6.07) is 23.0. The third-order valence-electron chi connectivity index (χ3n) is 4.43. The Bertz CT molecular complexity index is 1150. The van der Waals surface area contributed by atoms with Crippen molar-refractivity contribution in [2.75, 3.05) is 11.9 Å². The number of fused-ring (bicyclic) bond motifs is 1. The third-order valence-corrected chi connectivity index (χ3v) is 4.43. The zero-order chi connectivity index (χ0) is 20.1. The monoisotopic (exact) mass is 385 g/mol. The van der Waals surface area contributed by atoms with Gasteiger partial charge in [-0.05, 0) is 23.6 Å². The molecule has 0 radical (unpaired) electrons. The predicted octanol–water partition coefficient (Wildman–Crippen LogP) is 3.75. The predicted molar refractivity (Wildman–Crippen MR) is 111 cm³/mol. The zero-order valence-electron chi connectivity index (χ0n) is 15.6. The molecule has 0 spiro atoms. The second-order valence-corrected chi connectivity index (χ2v) is 6.54. The largest absolute Gasteiger partial charge is 0.455 e. The van der Waals surface area contributed by atoms with Crippen molar-refractivity contribution in [1.82, 2.24) is 9.78 Å². The summed E-state index contributed by atoms with van der Waals surface area (Å²) in [5.74, 6) is -0.861. The lowest BCUT2D eigenvalue weighted by molar-refractivity contribution is -0.146. The molecule has 0 saturated heterocycles. The van der Waals surface area contributed by atoms with Gasteiger partial charge < -0.3 is 10.1 Å². The number of para-hydroxylation sites is 1. The first kappa shape index (κ1) is 18.4. The lowest BCUT2D eigenvalue weighted by Gasteiger charge is -2.09. The molecular weight excluding hydrogens is 366 g/mol. The molecule has 1 aromatic heterocycles. The average molecular weight is 385 g/mol. The van der Waals surface area contributed by atoms with E-state index in [1.54, 1.807) is 17.1 Å². The summed E-state index contributed by atoms with van der Waals surface area (Å²) in [6.45, 7) is -0.338. The van der Waals surface area contributed by atoms with Crippen LogP contribution in [-0.4, -0.2) is 28.3 Å². The number of anilines is 1. The summed E-state index contributed by atoms with van der Waals surface area (Å²) in [5.41, 5.74) is 2.31. The SMILES string of the molecule is O=C(COC(=O)Cc1cnn(-c2ccccc2)c1)Nc1cccc2ccccc12. The van der Waals surface area contributed by atoms with Crippen LogP contribution < -0.4 is 5.32 Å². The van der Waals surface area contributed by atoms with Crippen molar-refractivity contribution >= 4 is 28.3 Å². The molecular formula is C23H19N3O3. The van der Waals surface area contributed by atoms with E-state index in [1.807, 2.05) is 72.8 Å². The first-order chi connectivity index (χ1) is 14.2. The van der Waals surface area contributed by atoms with E-state index in [0.717, 1.165) is 16.5 Å². The van der Waals surface area contributed by atoms with Gasteiger partial charge in [-0.2, -0.15) is 5.10 Å². The van der Waals surface area contributed by atoms with Crippen molar-refractivity contribution in [3.05, 3.63) is 90.8 Å². The van der Waals surface area contributed by atoms with Gasteiger partial charge in [0.05, 0.1) is 18.3 Å². The van der Waals surface area contributed by atoms with Crippen molar-refractivity contribution in [2.45, 2.75) is 6.42 Å². The highest BCUT2D eigenvalue weighted by molar-refractivity contribution is 6.02. The number of nitrogens with one attached hydrogen (secondary N) is 1. The fourth-order valence-electron chi connectivity index (χ4n) is 3.06. The Morgan fingerprint density at radius 3 is 2.55 bits per heavy atom. The van der Waals surface area contributed by atoms with Gasteiger partial charge in [0.25, 0.3) is 5.91 Å². The summed E-state index contributed by atoms with van der Waals surface area (Å²) in [4.78, 5) is 24.3. The van der Waals surface area contributed by atoms with Crippen molar-refractivity contribution in [3.63, 3.8) is 0 Å². The van der Waals surface area contributed by atoms with Crippen LogP contribution in [0.1, 0.15) is 5.56 Å². The molecule has 29 heavy (non-hydrogen) atoms. The molecule has 0 bridgehead atoms. The third kappa shape index (κ3) is 4.50. The van der Waals surface area contributed by atoms with Crippen LogP contribution in [0.15, 0.2) is 85.2 Å². The molecule has 4 rings (SSSR count). The van der Waals surface area contributed by atoms with Crippen LogP contribution in [0.4, 0.5) is 5.69 Å². The Morgan fingerprint density at radius 1 is 0.931 bits per heavy atom. The van der Waals surface area contributed by atoms with E-state index < -0.39 is 5.97 Å². The molecule has 1 N–H and O–H groups in total. The standard InChI is InChI=1S/C23H19N3O3/c27-22(25-21-12-6-8-18-7-4-5-11-20(18)21)16-29-23(28)13-17-14-24-26(15-17)19-9-2-1-3-10-19/h1-12,14-15H,13,16H2,(H,25,27). The van der Waals surface area contributed by atoms with Gasteiger partial charge in [-0.1, -0.05) is 54.6 Å². The first-order valence-corrected chi connectivity index (χ1v) is 9.21. The number of rotatable bonds is 6. The quantitative estimate of drug-likeness (QED) is 0.513. The van der Waals surface area contributed by atoms with E-state index >= 15 is 0 Å². The fourth-order valence-corrected chi connectivity index (χ4v) is 3.06. The van der Waals surface area contributed by atoms with Crippen molar-refractivity contribution in [2.24, 2.45) is 0 Å². The van der Waals surface area contributed by atoms with E-state index in [2.05, 4.69) is 10.4 Å². The molecule has 1 heterocycles. The van der Waals surface area contributed by atoms with Crippen LogP contribution in [0.2, 0.25) is 0 Å². The Morgan fingerprint density at radius 2 is 1.69 bits per heavy atom. The van der Waals surface area contributed by atoms with Gasteiger partial charge in [-0.25, -0.2) is 4.68 Å². The number of hydrogen-bond donors (Lipinski definition) is 1. The number of hydrogen-bond acceptors (Lipinski definition) is 4. The van der Waals surface area contributed by atoms with Crippen LogP contribution in [0.5, 0.6) is 0 Å². The summed E-state index contributed by atoms with van der Waals surface area (Å²) >= 11 is 0. The maximum Gasteiger partial charge on any atom is 0.310 e. The highest BCUT2D eigenvalue weighted by Crippen LogP contribution is 2.22. The summed E-state index contributed by atoms with van der Waals surface area (Å²) in [5, 5.41) is 9.01. The van der Waals surface area contributed by atoms with E-state index in [9.17, 15) is 9.59 Å². The second-order valence-electron chi connectivity index (χ2n) is 6.54. The lowest BCUT2D eigenvalue weighted by atomic mass is 10.1. The van der Waals surface area contributed by atoms with Gasteiger partial charge in [-0.3, -0.25) is 9.59 Å². The molecule has 0 unspecified atom stereocenters. The molecule has 1 amide bonds. The highest BCUT2D eigenvalue weighted by Gasteiger charge is 2.11. The van der Waals surface area contributed by atoms with Crippen LogP contribution in [-0.2, 0) is 20.7 Å². The van der Waals surface area contributed by atoms with Gasteiger partial charge in [0, 0.05) is 22.8 Å². The zero-order valence-corrected chi connectivity index (χ0v) is 15.6. The number of ether oxygens (including phenoxy) is 1. The molecule has 0 aliphatic heterocycles. The number of aromatic nitrogens is 2. The van der Waals surface area contributed by atoms with Gasteiger partial charge in [0.15, 0.2) is 6.61 Å². The second kappa shape index (κ2) is 8.39. The van der Waals surface area contributed by atoms with Crippen LogP contribution in [0.3, 0.4) is 0 Å². The molecule has 0 saturated carbocycles. The van der Waals surface area contributed by atoms with E-state index in [0.29, 0.717) is 11.3 Å². The number of carbonyl (C=O) groups is 2. The number of nitrogens with zero attached hydrogens (tertiary/aromatic N) is 2. The Hall–Kier alpha value is -3.93. The van der Waals surface area contributed by atoms with Gasteiger partial charge >= 0.3 is 5.97 Å². The van der Waals surface area contributed by atoms with E-state index in [4.69, 9.17) is 4.74 Å². The Labute approximate surface area is 167 Å². The molecule has 0 aliphatic rings. The highest BCUT2D eigenvalue weighted by atomic mass is 16.5. The van der Waals surface area contributed by atoms with E-state index in [1.165, 1.54) is 0 Å².